The average Bonchev–Trinajstić information content (AvgIpc) is 2.26. The molecule has 1 heteroatoms. The van der Waals surface area contributed by atoms with Crippen molar-refractivity contribution in [2.75, 3.05) is 6.54 Å². The standard InChI is InChI=1S/C12H25N/c1-12(2,3)10-13-11-8-6-4-5-7-9-11/h11,13H,4-10H2,1-3H3. The number of hydrogen-bond acceptors (Lipinski definition) is 1. The lowest BCUT2D eigenvalue weighted by Crippen LogP contribution is -2.35. The maximum Gasteiger partial charge on any atom is 0.00672 e. The largest absolute Gasteiger partial charge is 0.313 e. The second-order valence-corrected chi connectivity index (χ2v) is 5.63. The van der Waals surface area contributed by atoms with Gasteiger partial charge in [0.15, 0.2) is 0 Å². The fraction of sp³-hybridized carbons (Fsp3) is 1.00. The SMILES string of the molecule is CC(C)(C)CNC1CCCCCC1. The first-order valence-electron chi connectivity index (χ1n) is 5.81. The highest BCUT2D eigenvalue weighted by atomic mass is 14.9. The summed E-state index contributed by atoms with van der Waals surface area (Å²) in [5, 5.41) is 3.70. The predicted octanol–water partition coefficient (Wildman–Crippen LogP) is 3.34. The molecule has 13 heavy (non-hydrogen) atoms. The first-order chi connectivity index (χ1) is 6.08. The van der Waals surface area contributed by atoms with Gasteiger partial charge in [-0.2, -0.15) is 0 Å². The van der Waals surface area contributed by atoms with Crippen LogP contribution in [-0.2, 0) is 0 Å². The zero-order chi connectivity index (χ0) is 9.73. The van der Waals surface area contributed by atoms with E-state index in [1.165, 1.54) is 38.5 Å². The summed E-state index contributed by atoms with van der Waals surface area (Å²) in [6.45, 7) is 8.07. The van der Waals surface area contributed by atoms with Crippen LogP contribution in [-0.4, -0.2) is 12.6 Å². The molecule has 1 fully saturated rings. The molecule has 0 aromatic heterocycles. The van der Waals surface area contributed by atoms with E-state index in [0.29, 0.717) is 5.41 Å². The fourth-order valence-corrected chi connectivity index (χ4v) is 1.93. The van der Waals surface area contributed by atoms with Crippen LogP contribution in [0.4, 0.5) is 0 Å². The van der Waals surface area contributed by atoms with Crippen LogP contribution in [0, 0.1) is 5.41 Å². The molecule has 0 aromatic carbocycles. The molecule has 0 aromatic rings. The Balaban J connectivity index is 2.19. The van der Waals surface area contributed by atoms with Gasteiger partial charge >= 0.3 is 0 Å². The van der Waals surface area contributed by atoms with Crippen molar-refractivity contribution < 1.29 is 0 Å². The lowest BCUT2D eigenvalue weighted by atomic mass is 9.96. The lowest BCUT2D eigenvalue weighted by Gasteiger charge is -2.24. The first kappa shape index (κ1) is 11.0. The summed E-state index contributed by atoms with van der Waals surface area (Å²) in [4.78, 5) is 0. The van der Waals surface area contributed by atoms with Gasteiger partial charge in [-0.1, -0.05) is 46.5 Å². The Morgan fingerprint density at radius 3 is 2.00 bits per heavy atom. The van der Waals surface area contributed by atoms with Gasteiger partial charge in [0.25, 0.3) is 0 Å². The van der Waals surface area contributed by atoms with Crippen molar-refractivity contribution in [1.82, 2.24) is 5.32 Å². The highest BCUT2D eigenvalue weighted by Gasteiger charge is 2.15. The van der Waals surface area contributed by atoms with Crippen LogP contribution in [0.5, 0.6) is 0 Å². The van der Waals surface area contributed by atoms with Crippen molar-refractivity contribution in [3.63, 3.8) is 0 Å². The zero-order valence-corrected chi connectivity index (χ0v) is 9.53. The van der Waals surface area contributed by atoms with Gasteiger partial charge < -0.3 is 5.32 Å². The molecule has 0 unspecified atom stereocenters. The average molecular weight is 183 g/mol. The number of hydrogen-bond donors (Lipinski definition) is 1. The Kier molecular flexibility index (Phi) is 4.24. The van der Waals surface area contributed by atoms with Gasteiger partial charge in [-0.25, -0.2) is 0 Å². The van der Waals surface area contributed by atoms with Crippen molar-refractivity contribution in [2.24, 2.45) is 5.41 Å². The van der Waals surface area contributed by atoms with Crippen molar-refractivity contribution in [2.45, 2.75) is 65.3 Å². The van der Waals surface area contributed by atoms with Crippen molar-refractivity contribution in [3.8, 4) is 0 Å². The molecule has 0 bridgehead atoms. The predicted molar refractivity (Wildman–Crippen MR) is 58.9 cm³/mol. The summed E-state index contributed by atoms with van der Waals surface area (Å²) in [5.41, 5.74) is 0.437. The molecule has 0 heterocycles. The topological polar surface area (TPSA) is 12.0 Å². The van der Waals surface area contributed by atoms with Gasteiger partial charge in [0.05, 0.1) is 0 Å². The molecule has 0 atom stereocenters. The van der Waals surface area contributed by atoms with Crippen LogP contribution in [0.1, 0.15) is 59.3 Å². The Bertz CT molecular complexity index is 127. The molecular formula is C12H25N. The van der Waals surface area contributed by atoms with E-state index in [4.69, 9.17) is 0 Å². The molecule has 0 spiro atoms. The smallest absolute Gasteiger partial charge is 0.00672 e. The minimum atomic E-state index is 0.437. The summed E-state index contributed by atoms with van der Waals surface area (Å²) in [6.07, 6.45) is 8.57. The van der Waals surface area contributed by atoms with Gasteiger partial charge in [-0.15, -0.1) is 0 Å². The van der Waals surface area contributed by atoms with E-state index in [2.05, 4.69) is 26.1 Å². The third-order valence-electron chi connectivity index (χ3n) is 2.78. The summed E-state index contributed by atoms with van der Waals surface area (Å²) >= 11 is 0. The third-order valence-corrected chi connectivity index (χ3v) is 2.78. The normalized spacial score (nSPS) is 21.5. The Morgan fingerprint density at radius 2 is 1.54 bits per heavy atom. The molecule has 0 aliphatic heterocycles. The van der Waals surface area contributed by atoms with Crippen LogP contribution >= 0.6 is 0 Å². The van der Waals surface area contributed by atoms with Crippen molar-refractivity contribution in [1.29, 1.82) is 0 Å². The van der Waals surface area contributed by atoms with Crippen LogP contribution in [0.25, 0.3) is 0 Å². The number of nitrogens with one attached hydrogen (secondary N) is 1. The van der Waals surface area contributed by atoms with Crippen LogP contribution in [0.2, 0.25) is 0 Å². The molecule has 78 valence electrons. The van der Waals surface area contributed by atoms with E-state index in [1.807, 2.05) is 0 Å². The first-order valence-corrected chi connectivity index (χ1v) is 5.81. The summed E-state index contributed by atoms with van der Waals surface area (Å²) in [5.74, 6) is 0. The molecule has 1 aliphatic carbocycles. The van der Waals surface area contributed by atoms with E-state index >= 15 is 0 Å². The van der Waals surface area contributed by atoms with Crippen LogP contribution < -0.4 is 5.32 Å². The monoisotopic (exact) mass is 183 g/mol. The van der Waals surface area contributed by atoms with Crippen LogP contribution in [0.3, 0.4) is 0 Å². The fourth-order valence-electron chi connectivity index (χ4n) is 1.93. The maximum atomic E-state index is 3.70. The Morgan fingerprint density at radius 1 is 1.00 bits per heavy atom. The van der Waals surface area contributed by atoms with E-state index < -0.39 is 0 Å². The molecule has 1 aliphatic rings. The van der Waals surface area contributed by atoms with E-state index in [-0.39, 0.29) is 0 Å². The van der Waals surface area contributed by atoms with Gasteiger partial charge in [0.2, 0.25) is 0 Å². The molecular weight excluding hydrogens is 158 g/mol. The minimum absolute atomic E-state index is 0.437. The third kappa shape index (κ3) is 5.30. The van der Waals surface area contributed by atoms with Crippen LogP contribution in [0.15, 0.2) is 0 Å². The second kappa shape index (κ2) is 4.99. The summed E-state index contributed by atoms with van der Waals surface area (Å²) in [7, 11) is 0. The molecule has 1 N–H and O–H groups in total. The molecule has 1 saturated carbocycles. The molecule has 0 radical (unpaired) electrons. The summed E-state index contributed by atoms with van der Waals surface area (Å²) in [6, 6.07) is 0.807. The molecule has 1 rings (SSSR count). The van der Waals surface area contributed by atoms with Gasteiger partial charge in [-0.3, -0.25) is 0 Å². The highest BCUT2D eigenvalue weighted by Crippen LogP contribution is 2.18. The van der Waals surface area contributed by atoms with Gasteiger partial charge in [0, 0.05) is 12.6 Å². The molecule has 0 amide bonds. The van der Waals surface area contributed by atoms with E-state index in [0.717, 1.165) is 12.6 Å². The van der Waals surface area contributed by atoms with E-state index in [9.17, 15) is 0 Å². The summed E-state index contributed by atoms with van der Waals surface area (Å²) < 4.78 is 0. The second-order valence-electron chi connectivity index (χ2n) is 5.63. The van der Waals surface area contributed by atoms with Gasteiger partial charge in [0.1, 0.15) is 0 Å². The molecule has 0 saturated heterocycles. The van der Waals surface area contributed by atoms with Gasteiger partial charge in [-0.05, 0) is 18.3 Å². The Hall–Kier alpha value is -0.0400. The maximum absolute atomic E-state index is 3.70. The van der Waals surface area contributed by atoms with Crippen molar-refractivity contribution >= 4 is 0 Å². The Labute approximate surface area is 83.3 Å². The molecule has 1 nitrogen and oxygen atoms in total. The quantitative estimate of drug-likeness (QED) is 0.647. The van der Waals surface area contributed by atoms with E-state index in [1.54, 1.807) is 0 Å². The zero-order valence-electron chi connectivity index (χ0n) is 9.53. The minimum Gasteiger partial charge on any atom is -0.313 e. The number of rotatable bonds is 2. The van der Waals surface area contributed by atoms with Crippen molar-refractivity contribution in [3.05, 3.63) is 0 Å². The lowest BCUT2D eigenvalue weighted by molar-refractivity contribution is 0.336. The highest BCUT2D eigenvalue weighted by molar-refractivity contribution is 4.74.